The largest absolute Gasteiger partial charge is 0.387 e. The Morgan fingerprint density at radius 1 is 1.24 bits per heavy atom. The molecule has 7 heteroatoms. The summed E-state index contributed by atoms with van der Waals surface area (Å²) < 4.78 is 5.38. The fourth-order valence-corrected chi connectivity index (χ4v) is 3.57. The summed E-state index contributed by atoms with van der Waals surface area (Å²) >= 11 is 0. The van der Waals surface area contributed by atoms with E-state index in [1.165, 1.54) is 5.56 Å². The minimum atomic E-state index is -0.876. The standard InChI is InChI=1S/C22H33N5O2/c1-3-23-21(26-16-22(2,28)17-27-12-14-29-15-13-27)25-11-9-19-7-4-6-18-8-5-10-24-20(18)19/h4-8,10,28H,3,9,11-17H2,1-2H3,(H2,23,25,26). The molecule has 0 aliphatic carbocycles. The van der Waals surface area contributed by atoms with Gasteiger partial charge in [-0.25, -0.2) is 0 Å². The van der Waals surface area contributed by atoms with E-state index in [-0.39, 0.29) is 0 Å². The van der Waals surface area contributed by atoms with E-state index in [0.717, 1.165) is 62.7 Å². The molecule has 1 fully saturated rings. The van der Waals surface area contributed by atoms with E-state index in [1.54, 1.807) is 0 Å². The van der Waals surface area contributed by atoms with E-state index in [1.807, 2.05) is 26.1 Å². The van der Waals surface area contributed by atoms with Gasteiger partial charge in [0.2, 0.25) is 0 Å². The van der Waals surface area contributed by atoms with E-state index in [0.29, 0.717) is 13.1 Å². The summed E-state index contributed by atoms with van der Waals surface area (Å²) in [5.74, 6) is 0.725. The molecule has 3 rings (SSSR count). The molecule has 3 N–H and O–H groups in total. The number of guanidine groups is 1. The zero-order valence-electron chi connectivity index (χ0n) is 17.5. The number of β-amino-alcohol motifs (C(OH)–C–C–N with tert-alkyl or cyclic N) is 1. The van der Waals surface area contributed by atoms with Crippen LogP contribution in [0.1, 0.15) is 19.4 Å². The first-order chi connectivity index (χ1) is 14.1. The number of fused-ring (bicyclic) bond motifs is 1. The molecule has 1 aliphatic heterocycles. The number of aliphatic imine (C=N–C) groups is 1. The minimum Gasteiger partial charge on any atom is -0.387 e. The lowest BCUT2D eigenvalue weighted by molar-refractivity contribution is -0.0179. The Hall–Kier alpha value is -2.22. The lowest BCUT2D eigenvalue weighted by atomic mass is 10.1. The van der Waals surface area contributed by atoms with Crippen LogP contribution >= 0.6 is 0 Å². The molecule has 1 saturated heterocycles. The molecule has 2 aromatic rings. The van der Waals surface area contributed by atoms with Crippen molar-refractivity contribution in [2.24, 2.45) is 4.99 Å². The number of morpholine rings is 1. The monoisotopic (exact) mass is 399 g/mol. The molecular weight excluding hydrogens is 366 g/mol. The number of hydrogen-bond donors (Lipinski definition) is 3. The Morgan fingerprint density at radius 3 is 2.83 bits per heavy atom. The van der Waals surface area contributed by atoms with Gasteiger partial charge in [0.15, 0.2) is 5.96 Å². The quantitative estimate of drug-likeness (QED) is 0.460. The molecule has 0 amide bonds. The Kier molecular flexibility index (Phi) is 7.80. The number of hydrogen-bond acceptors (Lipinski definition) is 5. The molecule has 1 aliphatic rings. The molecule has 1 atom stereocenters. The highest BCUT2D eigenvalue weighted by Gasteiger charge is 2.25. The highest BCUT2D eigenvalue weighted by molar-refractivity contribution is 5.82. The van der Waals surface area contributed by atoms with Crippen molar-refractivity contribution in [2.75, 3.05) is 52.5 Å². The predicted octanol–water partition coefficient (Wildman–Crippen LogP) is 1.42. The fraction of sp³-hybridized carbons (Fsp3) is 0.545. The van der Waals surface area contributed by atoms with Crippen molar-refractivity contribution >= 4 is 16.9 Å². The van der Waals surface area contributed by atoms with Gasteiger partial charge in [-0.05, 0) is 31.9 Å². The number of para-hydroxylation sites is 1. The fourth-order valence-electron chi connectivity index (χ4n) is 3.57. The molecule has 0 radical (unpaired) electrons. The first kappa shape index (κ1) is 21.5. The van der Waals surface area contributed by atoms with Gasteiger partial charge in [0.05, 0.1) is 30.9 Å². The first-order valence-corrected chi connectivity index (χ1v) is 10.4. The third-order valence-electron chi connectivity index (χ3n) is 4.99. The number of ether oxygens (including phenoxy) is 1. The number of aliphatic hydroxyl groups is 1. The molecule has 1 aromatic carbocycles. The molecule has 158 valence electrons. The highest BCUT2D eigenvalue weighted by atomic mass is 16.5. The van der Waals surface area contributed by atoms with Gasteiger partial charge in [-0.1, -0.05) is 24.3 Å². The van der Waals surface area contributed by atoms with Crippen molar-refractivity contribution in [1.82, 2.24) is 20.5 Å². The van der Waals surface area contributed by atoms with Crippen LogP contribution in [0.5, 0.6) is 0 Å². The topological polar surface area (TPSA) is 82.0 Å². The average molecular weight is 400 g/mol. The molecule has 7 nitrogen and oxygen atoms in total. The van der Waals surface area contributed by atoms with Crippen LogP contribution in [-0.4, -0.2) is 79.0 Å². The van der Waals surface area contributed by atoms with Gasteiger partial charge in [-0.15, -0.1) is 0 Å². The van der Waals surface area contributed by atoms with E-state index in [4.69, 9.17) is 4.74 Å². The molecular formula is C22H33N5O2. The van der Waals surface area contributed by atoms with Gasteiger partial charge in [0.25, 0.3) is 0 Å². The van der Waals surface area contributed by atoms with Gasteiger partial charge in [-0.2, -0.15) is 0 Å². The van der Waals surface area contributed by atoms with E-state index < -0.39 is 5.60 Å². The van der Waals surface area contributed by atoms with Crippen molar-refractivity contribution in [3.63, 3.8) is 0 Å². The highest BCUT2D eigenvalue weighted by Crippen LogP contribution is 2.16. The van der Waals surface area contributed by atoms with Gasteiger partial charge < -0.3 is 20.5 Å². The smallest absolute Gasteiger partial charge is 0.191 e. The molecule has 0 spiro atoms. The van der Waals surface area contributed by atoms with E-state index in [9.17, 15) is 5.11 Å². The van der Waals surface area contributed by atoms with Crippen LogP contribution in [0.4, 0.5) is 0 Å². The predicted molar refractivity (Wildman–Crippen MR) is 117 cm³/mol. The number of rotatable bonds is 8. The lowest BCUT2D eigenvalue weighted by Crippen LogP contribution is -2.48. The summed E-state index contributed by atoms with van der Waals surface area (Å²) in [6, 6.07) is 10.3. The molecule has 0 bridgehead atoms. The average Bonchev–Trinajstić information content (AvgIpc) is 2.72. The summed E-state index contributed by atoms with van der Waals surface area (Å²) in [6.45, 7) is 9.51. The van der Waals surface area contributed by atoms with Crippen LogP contribution in [0.3, 0.4) is 0 Å². The maximum absolute atomic E-state index is 10.8. The second-order valence-electron chi connectivity index (χ2n) is 7.75. The van der Waals surface area contributed by atoms with Crippen LogP contribution in [0.25, 0.3) is 10.9 Å². The number of aromatic nitrogens is 1. The summed E-state index contributed by atoms with van der Waals surface area (Å²) in [7, 11) is 0. The third kappa shape index (κ3) is 6.66. The Morgan fingerprint density at radius 2 is 2.03 bits per heavy atom. The second-order valence-corrected chi connectivity index (χ2v) is 7.75. The van der Waals surface area contributed by atoms with Gasteiger partial charge in [-0.3, -0.25) is 14.9 Å². The second kappa shape index (κ2) is 10.5. The minimum absolute atomic E-state index is 0.343. The van der Waals surface area contributed by atoms with Crippen LogP contribution in [0.15, 0.2) is 41.5 Å². The lowest BCUT2D eigenvalue weighted by Gasteiger charge is -2.33. The zero-order valence-corrected chi connectivity index (χ0v) is 17.5. The third-order valence-corrected chi connectivity index (χ3v) is 4.99. The van der Waals surface area contributed by atoms with Crippen LogP contribution in [0.2, 0.25) is 0 Å². The Labute approximate surface area is 173 Å². The molecule has 1 unspecified atom stereocenters. The van der Waals surface area contributed by atoms with Crippen molar-refractivity contribution in [3.05, 3.63) is 42.1 Å². The number of pyridine rings is 1. The van der Waals surface area contributed by atoms with Crippen LogP contribution < -0.4 is 10.6 Å². The van der Waals surface area contributed by atoms with Crippen molar-refractivity contribution in [2.45, 2.75) is 25.9 Å². The maximum atomic E-state index is 10.8. The van der Waals surface area contributed by atoms with Crippen molar-refractivity contribution < 1.29 is 9.84 Å². The van der Waals surface area contributed by atoms with Gasteiger partial charge >= 0.3 is 0 Å². The summed E-state index contributed by atoms with van der Waals surface area (Å²) in [5, 5.41) is 18.5. The molecule has 1 aromatic heterocycles. The molecule has 29 heavy (non-hydrogen) atoms. The molecule has 0 saturated carbocycles. The van der Waals surface area contributed by atoms with E-state index in [2.05, 4.69) is 49.8 Å². The summed E-state index contributed by atoms with van der Waals surface area (Å²) in [5.41, 5.74) is 1.39. The number of benzene rings is 1. The SMILES string of the molecule is CCNC(=NCC(C)(O)CN1CCOCC1)NCCc1cccc2cccnc12. The summed E-state index contributed by atoms with van der Waals surface area (Å²) in [6.07, 6.45) is 2.68. The summed E-state index contributed by atoms with van der Waals surface area (Å²) in [4.78, 5) is 11.4. The normalized spacial score (nSPS) is 17.8. The number of nitrogens with one attached hydrogen (secondary N) is 2. The van der Waals surface area contributed by atoms with Crippen LogP contribution in [-0.2, 0) is 11.2 Å². The zero-order chi connectivity index (χ0) is 20.5. The first-order valence-electron chi connectivity index (χ1n) is 10.4. The van der Waals surface area contributed by atoms with Crippen LogP contribution in [0, 0.1) is 0 Å². The van der Waals surface area contributed by atoms with Crippen molar-refractivity contribution in [3.8, 4) is 0 Å². The van der Waals surface area contributed by atoms with Gasteiger partial charge in [0.1, 0.15) is 0 Å². The number of nitrogens with zero attached hydrogens (tertiary/aromatic N) is 3. The van der Waals surface area contributed by atoms with Crippen molar-refractivity contribution in [1.29, 1.82) is 0 Å². The maximum Gasteiger partial charge on any atom is 0.191 e. The Bertz CT molecular complexity index is 797. The Balaban J connectivity index is 1.54. The molecule has 2 heterocycles. The van der Waals surface area contributed by atoms with E-state index >= 15 is 0 Å². The van der Waals surface area contributed by atoms with Gasteiger partial charge in [0, 0.05) is 44.3 Å².